The van der Waals surface area contributed by atoms with E-state index < -0.39 is 5.91 Å². The van der Waals surface area contributed by atoms with Crippen LogP contribution in [-0.2, 0) is 4.79 Å². The zero-order valence-electron chi connectivity index (χ0n) is 15.7. The molecule has 0 unspecified atom stereocenters. The third-order valence-electron chi connectivity index (χ3n) is 3.94. The second-order valence-corrected chi connectivity index (χ2v) is 6.68. The topological polar surface area (TPSA) is 77.7 Å². The molecule has 2 aromatic carbocycles. The summed E-state index contributed by atoms with van der Waals surface area (Å²) in [6, 6.07) is 14.1. The van der Waals surface area contributed by atoms with Crippen molar-refractivity contribution in [2.75, 3.05) is 13.7 Å². The zero-order valence-corrected chi connectivity index (χ0v) is 17.2. The number of hydrogen-bond acceptors (Lipinski definition) is 5. The van der Waals surface area contributed by atoms with Crippen molar-refractivity contribution in [2.24, 2.45) is 5.10 Å². The summed E-state index contributed by atoms with van der Waals surface area (Å²) in [5, 5.41) is 9.18. The van der Waals surface area contributed by atoms with Crippen LogP contribution in [-0.4, -0.2) is 35.6 Å². The van der Waals surface area contributed by atoms with Gasteiger partial charge in [0.05, 0.1) is 35.3 Å². The quantitative estimate of drug-likeness (QED) is 0.451. The first kappa shape index (κ1) is 20.7. The van der Waals surface area contributed by atoms with Crippen molar-refractivity contribution < 1.29 is 14.3 Å². The molecule has 0 bridgehead atoms. The minimum atomic E-state index is -0.413. The maximum absolute atomic E-state index is 11.9. The number of halogens is 2. The van der Waals surface area contributed by atoms with Crippen LogP contribution >= 0.6 is 23.2 Å². The molecule has 3 aromatic rings. The number of aromatic nitrogens is 2. The number of aryl methyl sites for hydroxylation is 1. The van der Waals surface area contributed by atoms with Crippen LogP contribution in [0.1, 0.15) is 11.3 Å². The number of para-hydroxylation sites is 1. The van der Waals surface area contributed by atoms with Gasteiger partial charge in [0.2, 0.25) is 0 Å². The van der Waals surface area contributed by atoms with Crippen molar-refractivity contribution >= 4 is 35.3 Å². The molecule has 0 fully saturated rings. The number of hydrogen-bond donors (Lipinski definition) is 1. The Hall–Kier alpha value is -3.03. The first-order chi connectivity index (χ1) is 14.0. The van der Waals surface area contributed by atoms with E-state index in [1.165, 1.54) is 10.9 Å². The molecule has 29 heavy (non-hydrogen) atoms. The number of rotatable bonds is 7. The lowest BCUT2D eigenvalue weighted by Crippen LogP contribution is -2.24. The number of benzene rings is 2. The molecule has 1 N–H and O–H groups in total. The molecule has 0 saturated heterocycles. The Labute approximate surface area is 177 Å². The predicted molar refractivity (Wildman–Crippen MR) is 113 cm³/mol. The summed E-state index contributed by atoms with van der Waals surface area (Å²) >= 11 is 12.6. The number of carbonyl (C=O) groups is 1. The Morgan fingerprint density at radius 2 is 1.86 bits per heavy atom. The first-order valence-electron chi connectivity index (χ1n) is 8.58. The van der Waals surface area contributed by atoms with E-state index in [-0.39, 0.29) is 6.61 Å². The van der Waals surface area contributed by atoms with Crippen LogP contribution in [0.15, 0.2) is 53.6 Å². The van der Waals surface area contributed by atoms with E-state index in [0.29, 0.717) is 38.6 Å². The fraction of sp³-hybridized carbons (Fsp3) is 0.150. The van der Waals surface area contributed by atoms with Gasteiger partial charge in [-0.25, -0.2) is 10.1 Å². The molecule has 0 radical (unpaired) electrons. The van der Waals surface area contributed by atoms with Gasteiger partial charge >= 0.3 is 0 Å². The number of amides is 1. The standard InChI is InChI=1S/C20H18Cl2N4O3/c1-13-16(20(22)26(25-13)18-6-4-3-5-17(18)21)11-23-24-19(27)12-29-15-9-7-14(28-2)8-10-15/h3-11H,12H2,1-2H3,(H,24,27)/b23-11+. The Morgan fingerprint density at radius 3 is 2.55 bits per heavy atom. The van der Waals surface area contributed by atoms with Gasteiger partial charge in [-0.15, -0.1) is 0 Å². The number of carbonyl (C=O) groups excluding carboxylic acids is 1. The summed E-state index contributed by atoms with van der Waals surface area (Å²) in [6.07, 6.45) is 1.43. The number of nitrogens with zero attached hydrogens (tertiary/aromatic N) is 3. The van der Waals surface area contributed by atoms with Crippen molar-refractivity contribution in [1.29, 1.82) is 0 Å². The molecule has 1 heterocycles. The summed E-state index contributed by atoms with van der Waals surface area (Å²) in [4.78, 5) is 11.9. The van der Waals surface area contributed by atoms with Gasteiger partial charge in [-0.2, -0.15) is 10.2 Å². The Kier molecular flexibility index (Phi) is 6.74. The summed E-state index contributed by atoms with van der Waals surface area (Å²) < 4.78 is 12.0. The lowest BCUT2D eigenvalue weighted by atomic mass is 10.3. The second-order valence-electron chi connectivity index (χ2n) is 5.91. The van der Waals surface area contributed by atoms with Gasteiger partial charge in [0.1, 0.15) is 16.7 Å². The molecule has 0 spiro atoms. The van der Waals surface area contributed by atoms with E-state index in [2.05, 4.69) is 15.6 Å². The normalized spacial score (nSPS) is 10.9. The van der Waals surface area contributed by atoms with Crippen LogP contribution in [0.2, 0.25) is 10.2 Å². The van der Waals surface area contributed by atoms with Crippen LogP contribution in [0.4, 0.5) is 0 Å². The average Bonchev–Trinajstić information content (AvgIpc) is 3.01. The fourth-order valence-corrected chi connectivity index (χ4v) is 2.99. The Balaban J connectivity index is 1.61. The van der Waals surface area contributed by atoms with Crippen LogP contribution in [0.5, 0.6) is 11.5 Å². The summed E-state index contributed by atoms with van der Waals surface area (Å²) in [5.41, 5.74) is 4.26. The molecular formula is C20H18Cl2N4O3. The second kappa shape index (κ2) is 9.45. The van der Waals surface area contributed by atoms with Gasteiger partial charge in [0, 0.05) is 0 Å². The lowest BCUT2D eigenvalue weighted by molar-refractivity contribution is -0.123. The molecular weight excluding hydrogens is 415 g/mol. The van der Waals surface area contributed by atoms with Crippen molar-refractivity contribution in [3.63, 3.8) is 0 Å². The van der Waals surface area contributed by atoms with E-state index in [0.717, 1.165) is 0 Å². The summed E-state index contributed by atoms with van der Waals surface area (Å²) in [6.45, 7) is 1.60. The maximum atomic E-state index is 11.9. The monoisotopic (exact) mass is 432 g/mol. The van der Waals surface area contributed by atoms with E-state index in [9.17, 15) is 4.79 Å². The van der Waals surface area contributed by atoms with Crippen LogP contribution in [0.25, 0.3) is 5.69 Å². The van der Waals surface area contributed by atoms with Crippen molar-refractivity contribution in [3.8, 4) is 17.2 Å². The third-order valence-corrected chi connectivity index (χ3v) is 4.62. The smallest absolute Gasteiger partial charge is 0.277 e. The summed E-state index contributed by atoms with van der Waals surface area (Å²) in [7, 11) is 1.58. The van der Waals surface area contributed by atoms with Gasteiger partial charge in [0.25, 0.3) is 5.91 Å². The van der Waals surface area contributed by atoms with E-state index >= 15 is 0 Å². The Morgan fingerprint density at radius 1 is 1.17 bits per heavy atom. The highest BCUT2D eigenvalue weighted by molar-refractivity contribution is 6.34. The number of ether oxygens (including phenoxy) is 2. The third kappa shape index (κ3) is 5.07. The van der Waals surface area contributed by atoms with Crippen molar-refractivity contribution in [3.05, 3.63) is 70.0 Å². The Bertz CT molecular complexity index is 1030. The van der Waals surface area contributed by atoms with Crippen LogP contribution in [0, 0.1) is 6.92 Å². The van der Waals surface area contributed by atoms with Gasteiger partial charge in [-0.05, 0) is 43.3 Å². The van der Waals surface area contributed by atoms with Crippen molar-refractivity contribution in [1.82, 2.24) is 15.2 Å². The average molecular weight is 433 g/mol. The zero-order chi connectivity index (χ0) is 20.8. The SMILES string of the molecule is COc1ccc(OCC(=O)N/N=C/c2c(C)nn(-c3ccccc3Cl)c2Cl)cc1. The van der Waals surface area contributed by atoms with Gasteiger partial charge < -0.3 is 9.47 Å². The molecule has 1 amide bonds. The number of methoxy groups -OCH3 is 1. The molecule has 0 saturated carbocycles. The van der Waals surface area contributed by atoms with E-state index in [1.54, 1.807) is 50.4 Å². The van der Waals surface area contributed by atoms with Gasteiger partial charge in [-0.1, -0.05) is 35.3 Å². The van der Waals surface area contributed by atoms with Crippen LogP contribution < -0.4 is 14.9 Å². The van der Waals surface area contributed by atoms with Crippen LogP contribution in [0.3, 0.4) is 0 Å². The van der Waals surface area contributed by atoms with E-state index in [4.69, 9.17) is 32.7 Å². The molecule has 0 atom stereocenters. The fourth-order valence-electron chi connectivity index (χ4n) is 2.46. The molecule has 0 aliphatic carbocycles. The molecule has 7 nitrogen and oxygen atoms in total. The highest BCUT2D eigenvalue weighted by Crippen LogP contribution is 2.26. The highest BCUT2D eigenvalue weighted by atomic mass is 35.5. The molecule has 0 aliphatic heterocycles. The molecule has 3 rings (SSSR count). The summed E-state index contributed by atoms with van der Waals surface area (Å²) in [5.74, 6) is 0.838. The molecule has 150 valence electrons. The minimum absolute atomic E-state index is 0.185. The highest BCUT2D eigenvalue weighted by Gasteiger charge is 2.15. The van der Waals surface area contributed by atoms with E-state index in [1.807, 2.05) is 12.1 Å². The number of hydrazone groups is 1. The first-order valence-corrected chi connectivity index (χ1v) is 9.34. The molecule has 1 aromatic heterocycles. The minimum Gasteiger partial charge on any atom is -0.497 e. The molecule has 9 heteroatoms. The maximum Gasteiger partial charge on any atom is 0.277 e. The van der Waals surface area contributed by atoms with Gasteiger partial charge in [-0.3, -0.25) is 4.79 Å². The molecule has 0 aliphatic rings. The van der Waals surface area contributed by atoms with Crippen molar-refractivity contribution in [2.45, 2.75) is 6.92 Å². The van der Waals surface area contributed by atoms with Gasteiger partial charge in [0.15, 0.2) is 6.61 Å². The lowest BCUT2D eigenvalue weighted by Gasteiger charge is -2.06. The number of nitrogens with one attached hydrogen (secondary N) is 1. The predicted octanol–water partition coefficient (Wildman–Crippen LogP) is 4.03. The largest absolute Gasteiger partial charge is 0.497 e.